The maximum absolute atomic E-state index is 11.9. The van der Waals surface area contributed by atoms with Crippen LogP contribution >= 0.6 is 12.4 Å². The van der Waals surface area contributed by atoms with Gasteiger partial charge < -0.3 is 25.1 Å². The van der Waals surface area contributed by atoms with E-state index in [0.29, 0.717) is 18.0 Å². The fourth-order valence-corrected chi connectivity index (χ4v) is 1.96. The van der Waals surface area contributed by atoms with E-state index in [-0.39, 0.29) is 36.6 Å². The van der Waals surface area contributed by atoms with Gasteiger partial charge in [-0.2, -0.15) is 0 Å². The Labute approximate surface area is 152 Å². The Bertz CT molecular complexity index is 662. The molecule has 0 radical (unpaired) electrons. The van der Waals surface area contributed by atoms with Crippen molar-refractivity contribution < 1.29 is 18.7 Å². The summed E-state index contributed by atoms with van der Waals surface area (Å²) in [6.07, 6.45) is 2.29. The summed E-state index contributed by atoms with van der Waals surface area (Å²) in [5, 5.41) is 8.47. The van der Waals surface area contributed by atoms with Crippen LogP contribution in [0.4, 0.5) is 5.69 Å². The summed E-state index contributed by atoms with van der Waals surface area (Å²) < 4.78 is 10.5. The summed E-state index contributed by atoms with van der Waals surface area (Å²) >= 11 is 0. The van der Waals surface area contributed by atoms with E-state index in [9.17, 15) is 9.59 Å². The lowest BCUT2D eigenvalue weighted by molar-refractivity contribution is -0.123. The molecule has 3 N–H and O–H groups in total. The summed E-state index contributed by atoms with van der Waals surface area (Å²) in [5.41, 5.74) is 0.559. The fraction of sp³-hybridized carbons (Fsp3) is 0.294. The van der Waals surface area contributed by atoms with Crippen molar-refractivity contribution in [2.75, 3.05) is 32.1 Å². The van der Waals surface area contributed by atoms with Crippen LogP contribution < -0.4 is 20.7 Å². The second-order valence-electron chi connectivity index (χ2n) is 5.05. The summed E-state index contributed by atoms with van der Waals surface area (Å²) in [6, 6.07) is 10.0. The van der Waals surface area contributed by atoms with Crippen molar-refractivity contribution in [2.45, 2.75) is 6.42 Å². The van der Waals surface area contributed by atoms with Gasteiger partial charge in [-0.1, -0.05) is 6.07 Å². The third-order valence-electron chi connectivity index (χ3n) is 3.13. The molecule has 0 spiro atoms. The van der Waals surface area contributed by atoms with Crippen LogP contribution in [-0.4, -0.2) is 38.6 Å². The monoisotopic (exact) mass is 367 g/mol. The van der Waals surface area contributed by atoms with Gasteiger partial charge in [0, 0.05) is 18.3 Å². The van der Waals surface area contributed by atoms with E-state index in [2.05, 4.69) is 16.0 Å². The lowest BCUT2D eigenvalue weighted by Crippen LogP contribution is -2.30. The van der Waals surface area contributed by atoms with Crippen LogP contribution in [0.15, 0.2) is 47.1 Å². The zero-order valence-electron chi connectivity index (χ0n) is 13.9. The average Bonchev–Trinajstić information content (AvgIpc) is 3.12. The quantitative estimate of drug-likeness (QED) is 0.590. The Morgan fingerprint density at radius 2 is 2.00 bits per heavy atom. The molecule has 1 aromatic carbocycles. The number of rotatable bonds is 9. The molecular weight excluding hydrogens is 346 g/mol. The molecule has 8 heteroatoms. The van der Waals surface area contributed by atoms with Crippen LogP contribution in [-0.2, 0) is 4.79 Å². The molecule has 0 bridgehead atoms. The molecule has 2 aromatic rings. The molecule has 0 saturated carbocycles. The van der Waals surface area contributed by atoms with Gasteiger partial charge in [0.15, 0.2) is 12.4 Å². The second kappa shape index (κ2) is 11.1. The van der Waals surface area contributed by atoms with E-state index >= 15 is 0 Å². The maximum Gasteiger partial charge on any atom is 0.291 e. The average molecular weight is 368 g/mol. The Kier molecular flexibility index (Phi) is 9.13. The van der Waals surface area contributed by atoms with Gasteiger partial charge in [0.25, 0.3) is 11.8 Å². The van der Waals surface area contributed by atoms with E-state index in [1.807, 2.05) is 7.05 Å². The van der Waals surface area contributed by atoms with Crippen molar-refractivity contribution in [3.8, 4) is 5.75 Å². The topological polar surface area (TPSA) is 92.6 Å². The lowest BCUT2D eigenvalue weighted by Gasteiger charge is -2.09. The number of hydrogen-bond acceptors (Lipinski definition) is 5. The number of anilines is 1. The molecule has 0 aliphatic heterocycles. The molecule has 1 heterocycles. The third-order valence-corrected chi connectivity index (χ3v) is 3.13. The number of halogens is 1. The summed E-state index contributed by atoms with van der Waals surface area (Å²) in [7, 11) is 1.86. The van der Waals surface area contributed by atoms with Crippen molar-refractivity contribution >= 4 is 29.9 Å². The molecule has 0 atom stereocenters. The minimum Gasteiger partial charge on any atom is -0.484 e. The van der Waals surface area contributed by atoms with Gasteiger partial charge in [0.1, 0.15) is 5.75 Å². The zero-order valence-corrected chi connectivity index (χ0v) is 14.7. The van der Waals surface area contributed by atoms with Crippen LogP contribution in [0.1, 0.15) is 17.0 Å². The summed E-state index contributed by atoms with van der Waals surface area (Å²) in [5.74, 6) is 0.190. The van der Waals surface area contributed by atoms with Gasteiger partial charge in [-0.05, 0) is 44.3 Å². The molecular formula is C17H22ClN3O4. The van der Waals surface area contributed by atoms with Crippen LogP contribution in [0, 0.1) is 0 Å². The number of hydrogen-bond donors (Lipinski definition) is 3. The first-order chi connectivity index (χ1) is 11.7. The lowest BCUT2D eigenvalue weighted by atomic mass is 10.3. The molecule has 0 aliphatic rings. The molecule has 7 nitrogen and oxygen atoms in total. The number of carbonyl (C=O) groups excluding carboxylic acids is 2. The largest absolute Gasteiger partial charge is 0.484 e. The first kappa shape index (κ1) is 20.5. The highest BCUT2D eigenvalue weighted by molar-refractivity contribution is 6.02. The van der Waals surface area contributed by atoms with Crippen molar-refractivity contribution in [1.29, 1.82) is 0 Å². The predicted molar refractivity (Wildman–Crippen MR) is 97.4 cm³/mol. The van der Waals surface area contributed by atoms with Crippen LogP contribution in [0.5, 0.6) is 5.75 Å². The van der Waals surface area contributed by atoms with Gasteiger partial charge in [0.2, 0.25) is 0 Å². The highest BCUT2D eigenvalue weighted by Crippen LogP contribution is 2.18. The van der Waals surface area contributed by atoms with Crippen LogP contribution in [0.3, 0.4) is 0 Å². The van der Waals surface area contributed by atoms with E-state index in [1.54, 1.807) is 36.4 Å². The second-order valence-corrected chi connectivity index (χ2v) is 5.05. The molecule has 0 saturated heterocycles. The SMILES string of the molecule is CNCCCNC(=O)COc1cccc(NC(=O)c2ccco2)c1.Cl. The molecule has 136 valence electrons. The molecule has 0 unspecified atom stereocenters. The molecule has 0 aliphatic carbocycles. The van der Waals surface area contributed by atoms with E-state index in [4.69, 9.17) is 9.15 Å². The Balaban J connectivity index is 0.00000312. The first-order valence-electron chi connectivity index (χ1n) is 7.68. The predicted octanol–water partition coefficient (Wildman–Crippen LogP) is 2.06. The highest BCUT2D eigenvalue weighted by atomic mass is 35.5. The van der Waals surface area contributed by atoms with Crippen LogP contribution in [0.2, 0.25) is 0 Å². The number of carbonyl (C=O) groups is 2. The number of benzene rings is 1. The van der Waals surface area contributed by atoms with Gasteiger partial charge in [-0.25, -0.2) is 0 Å². The zero-order chi connectivity index (χ0) is 17.2. The first-order valence-corrected chi connectivity index (χ1v) is 7.68. The van der Waals surface area contributed by atoms with E-state index in [0.717, 1.165) is 13.0 Å². The van der Waals surface area contributed by atoms with Crippen LogP contribution in [0.25, 0.3) is 0 Å². The molecule has 25 heavy (non-hydrogen) atoms. The summed E-state index contributed by atoms with van der Waals surface area (Å²) in [6.45, 7) is 1.37. The van der Waals surface area contributed by atoms with Crippen molar-refractivity contribution in [1.82, 2.24) is 10.6 Å². The number of furan rings is 1. The third kappa shape index (κ3) is 7.28. The fourth-order valence-electron chi connectivity index (χ4n) is 1.96. The molecule has 2 rings (SSSR count). The Hall–Kier alpha value is -2.51. The van der Waals surface area contributed by atoms with E-state index < -0.39 is 0 Å². The van der Waals surface area contributed by atoms with Gasteiger partial charge in [0.05, 0.1) is 6.26 Å². The number of ether oxygens (including phenoxy) is 1. The van der Waals surface area contributed by atoms with E-state index in [1.165, 1.54) is 6.26 Å². The Morgan fingerprint density at radius 1 is 1.16 bits per heavy atom. The molecule has 0 fully saturated rings. The standard InChI is InChI=1S/C17H21N3O4.ClH/c1-18-8-4-9-19-16(21)12-24-14-6-2-5-13(11-14)20-17(22)15-7-3-10-23-15;/h2-3,5-7,10-11,18H,4,8-9,12H2,1H3,(H,19,21)(H,20,22);1H. The van der Waals surface area contributed by atoms with Gasteiger partial charge in [-0.15, -0.1) is 12.4 Å². The van der Waals surface area contributed by atoms with Crippen molar-refractivity contribution in [3.05, 3.63) is 48.4 Å². The maximum atomic E-state index is 11.9. The smallest absolute Gasteiger partial charge is 0.291 e. The molecule has 1 aromatic heterocycles. The minimum absolute atomic E-state index is 0. The Morgan fingerprint density at radius 3 is 2.72 bits per heavy atom. The normalized spacial score (nSPS) is 9.80. The van der Waals surface area contributed by atoms with Crippen molar-refractivity contribution in [3.63, 3.8) is 0 Å². The number of amides is 2. The number of nitrogens with one attached hydrogen (secondary N) is 3. The summed E-state index contributed by atoms with van der Waals surface area (Å²) in [4.78, 5) is 23.6. The van der Waals surface area contributed by atoms with Gasteiger partial charge in [-0.3, -0.25) is 9.59 Å². The van der Waals surface area contributed by atoms with Gasteiger partial charge >= 0.3 is 0 Å². The molecule has 2 amide bonds. The van der Waals surface area contributed by atoms with Crippen molar-refractivity contribution in [2.24, 2.45) is 0 Å². The highest BCUT2D eigenvalue weighted by Gasteiger charge is 2.09. The minimum atomic E-state index is -0.348.